The van der Waals surface area contributed by atoms with E-state index < -0.39 is 6.04 Å². The number of carbonyl (C=O) groups excluding carboxylic acids is 2. The third-order valence-corrected chi connectivity index (χ3v) is 4.72. The Morgan fingerprint density at radius 1 is 1.54 bits per heavy atom. The maximum atomic E-state index is 12.2. The van der Waals surface area contributed by atoms with Gasteiger partial charge in [-0.25, -0.2) is 0 Å². The van der Waals surface area contributed by atoms with Gasteiger partial charge in [0.25, 0.3) is 0 Å². The Bertz CT molecular complexity index is 519. The highest BCUT2D eigenvalue weighted by Crippen LogP contribution is 2.17. The van der Waals surface area contributed by atoms with Gasteiger partial charge in [-0.2, -0.15) is 0 Å². The summed E-state index contributed by atoms with van der Waals surface area (Å²) in [5.41, 5.74) is 0. The van der Waals surface area contributed by atoms with E-state index >= 15 is 0 Å². The van der Waals surface area contributed by atoms with Crippen LogP contribution in [-0.4, -0.2) is 55.1 Å². The molecule has 6 nitrogen and oxygen atoms in total. The molecule has 0 radical (unpaired) electrons. The number of hydrogen-bond donors (Lipinski definition) is 2. The summed E-state index contributed by atoms with van der Waals surface area (Å²) in [7, 11) is 0. The van der Waals surface area contributed by atoms with Crippen LogP contribution in [0.15, 0.2) is 17.5 Å². The number of amides is 2. The molecule has 1 saturated heterocycles. The van der Waals surface area contributed by atoms with Crippen molar-refractivity contribution in [2.24, 2.45) is 0 Å². The molecule has 0 spiro atoms. The van der Waals surface area contributed by atoms with Crippen molar-refractivity contribution >= 4 is 23.2 Å². The lowest BCUT2D eigenvalue weighted by Crippen LogP contribution is -2.56. The molecule has 1 atom stereocenters. The first-order chi connectivity index (χ1) is 11.6. The predicted octanol–water partition coefficient (Wildman–Crippen LogP) is 1.37. The molecule has 1 aromatic heterocycles. The molecular formula is C17H27N3O3S. The molecule has 1 fully saturated rings. The van der Waals surface area contributed by atoms with Gasteiger partial charge in [-0.05, 0) is 31.7 Å². The fourth-order valence-corrected chi connectivity index (χ4v) is 3.37. The highest BCUT2D eigenvalue weighted by atomic mass is 32.1. The smallest absolute Gasteiger partial charge is 0.237 e. The van der Waals surface area contributed by atoms with Gasteiger partial charge in [-0.15, -0.1) is 11.3 Å². The molecule has 0 saturated carbocycles. The van der Waals surface area contributed by atoms with Gasteiger partial charge in [0.2, 0.25) is 11.8 Å². The molecule has 2 heterocycles. The first kappa shape index (κ1) is 18.9. The van der Waals surface area contributed by atoms with Crippen LogP contribution in [0, 0.1) is 0 Å². The number of piperazine rings is 1. The minimum atomic E-state index is -0.396. The van der Waals surface area contributed by atoms with E-state index in [-0.39, 0.29) is 24.3 Å². The van der Waals surface area contributed by atoms with Crippen molar-refractivity contribution in [1.82, 2.24) is 15.5 Å². The molecule has 134 valence electrons. The van der Waals surface area contributed by atoms with Crippen LogP contribution in [0.3, 0.4) is 0 Å². The first-order valence-electron chi connectivity index (χ1n) is 8.48. The zero-order chi connectivity index (χ0) is 17.4. The highest BCUT2D eigenvalue weighted by molar-refractivity contribution is 7.09. The molecule has 7 heteroatoms. The Balaban J connectivity index is 1.78. The van der Waals surface area contributed by atoms with E-state index in [0.29, 0.717) is 26.2 Å². The summed E-state index contributed by atoms with van der Waals surface area (Å²) in [5.74, 6) is -0.145. The molecule has 1 aromatic rings. The average molecular weight is 353 g/mol. The monoisotopic (exact) mass is 353 g/mol. The van der Waals surface area contributed by atoms with E-state index in [2.05, 4.69) is 21.6 Å². The fraction of sp³-hybridized carbons (Fsp3) is 0.647. The summed E-state index contributed by atoms with van der Waals surface area (Å²) >= 11 is 1.67. The van der Waals surface area contributed by atoms with Gasteiger partial charge in [0.1, 0.15) is 0 Å². The van der Waals surface area contributed by atoms with Crippen molar-refractivity contribution in [1.29, 1.82) is 0 Å². The molecule has 0 bridgehead atoms. The number of carbonyl (C=O) groups is 2. The molecule has 1 aliphatic heterocycles. The topological polar surface area (TPSA) is 70.7 Å². The van der Waals surface area contributed by atoms with Crippen molar-refractivity contribution in [3.63, 3.8) is 0 Å². The Kier molecular flexibility index (Phi) is 7.68. The highest BCUT2D eigenvalue weighted by Gasteiger charge is 2.31. The molecule has 2 rings (SSSR count). The second-order valence-corrected chi connectivity index (χ2v) is 7.22. The summed E-state index contributed by atoms with van der Waals surface area (Å²) in [6.07, 6.45) is 1.18. The van der Waals surface area contributed by atoms with Gasteiger partial charge in [0.05, 0.1) is 18.6 Å². The van der Waals surface area contributed by atoms with Gasteiger partial charge in [-0.3, -0.25) is 14.5 Å². The number of hydrogen-bond acceptors (Lipinski definition) is 5. The zero-order valence-corrected chi connectivity index (χ0v) is 15.2. The van der Waals surface area contributed by atoms with Gasteiger partial charge >= 0.3 is 0 Å². The molecule has 2 N–H and O–H groups in total. The molecule has 1 aliphatic rings. The zero-order valence-electron chi connectivity index (χ0n) is 14.4. The number of rotatable bonds is 9. The van der Waals surface area contributed by atoms with E-state index in [1.165, 1.54) is 4.88 Å². The fourth-order valence-electron chi connectivity index (χ4n) is 2.64. The lowest BCUT2D eigenvalue weighted by Gasteiger charge is -2.34. The maximum Gasteiger partial charge on any atom is 0.237 e. The van der Waals surface area contributed by atoms with Crippen molar-refractivity contribution < 1.29 is 14.3 Å². The molecule has 0 aromatic carbocycles. The largest absolute Gasteiger partial charge is 0.379 e. The van der Waals surface area contributed by atoms with Crippen LogP contribution < -0.4 is 10.6 Å². The van der Waals surface area contributed by atoms with Crippen LogP contribution in [0.25, 0.3) is 0 Å². The molecular weight excluding hydrogens is 326 g/mol. The Morgan fingerprint density at radius 2 is 2.38 bits per heavy atom. The van der Waals surface area contributed by atoms with E-state index in [9.17, 15) is 9.59 Å². The summed E-state index contributed by atoms with van der Waals surface area (Å²) in [5, 5.41) is 7.77. The average Bonchev–Trinajstić information content (AvgIpc) is 3.03. The standard InChI is InChI=1S/C17H27N3O3S/c1-13(2)23-9-4-6-18-16(21)11-15-17(22)19-7-8-20(15)12-14-5-3-10-24-14/h3,5,10,13,15H,4,6-9,11-12H2,1-2H3,(H,18,21)(H,19,22)/t15-/m0/s1. The summed E-state index contributed by atoms with van der Waals surface area (Å²) in [6, 6.07) is 3.67. The third kappa shape index (κ3) is 6.22. The lowest BCUT2D eigenvalue weighted by molar-refractivity contribution is -0.134. The lowest BCUT2D eigenvalue weighted by atomic mass is 10.1. The van der Waals surface area contributed by atoms with Crippen LogP contribution in [0.2, 0.25) is 0 Å². The molecule has 2 amide bonds. The van der Waals surface area contributed by atoms with E-state index in [0.717, 1.165) is 13.0 Å². The second kappa shape index (κ2) is 9.76. The van der Waals surface area contributed by atoms with E-state index in [1.807, 2.05) is 25.3 Å². The first-order valence-corrected chi connectivity index (χ1v) is 9.36. The van der Waals surface area contributed by atoms with Gasteiger partial charge in [0, 0.05) is 37.7 Å². The summed E-state index contributed by atoms with van der Waals surface area (Å²) in [6.45, 7) is 7.30. The maximum absolute atomic E-state index is 12.2. The van der Waals surface area contributed by atoms with Crippen LogP contribution in [0.5, 0.6) is 0 Å². The Labute approximate surface area is 147 Å². The Hall–Kier alpha value is -1.44. The van der Waals surface area contributed by atoms with E-state index in [1.54, 1.807) is 11.3 Å². The minimum Gasteiger partial charge on any atom is -0.379 e. The SMILES string of the molecule is CC(C)OCCCNC(=O)C[C@H]1C(=O)NCCN1Cc1cccs1. The number of nitrogens with one attached hydrogen (secondary N) is 2. The van der Waals surface area contributed by atoms with Gasteiger partial charge < -0.3 is 15.4 Å². The molecule has 24 heavy (non-hydrogen) atoms. The molecule has 0 aliphatic carbocycles. The number of thiophene rings is 1. The van der Waals surface area contributed by atoms with Gasteiger partial charge in [-0.1, -0.05) is 6.07 Å². The van der Waals surface area contributed by atoms with Crippen LogP contribution in [-0.2, 0) is 20.9 Å². The van der Waals surface area contributed by atoms with Crippen LogP contribution >= 0.6 is 11.3 Å². The predicted molar refractivity (Wildman–Crippen MR) is 94.9 cm³/mol. The molecule has 0 unspecified atom stereocenters. The van der Waals surface area contributed by atoms with Gasteiger partial charge in [0.15, 0.2) is 0 Å². The number of nitrogens with zero attached hydrogens (tertiary/aromatic N) is 1. The quantitative estimate of drug-likeness (QED) is 0.658. The van der Waals surface area contributed by atoms with Crippen molar-refractivity contribution in [2.45, 2.75) is 45.4 Å². The van der Waals surface area contributed by atoms with E-state index in [4.69, 9.17) is 4.74 Å². The number of ether oxygens (including phenoxy) is 1. The summed E-state index contributed by atoms with van der Waals surface area (Å²) < 4.78 is 5.44. The summed E-state index contributed by atoms with van der Waals surface area (Å²) in [4.78, 5) is 27.6. The third-order valence-electron chi connectivity index (χ3n) is 3.85. The van der Waals surface area contributed by atoms with Crippen LogP contribution in [0.4, 0.5) is 0 Å². The van der Waals surface area contributed by atoms with Crippen molar-refractivity contribution in [2.75, 3.05) is 26.2 Å². The van der Waals surface area contributed by atoms with Crippen LogP contribution in [0.1, 0.15) is 31.6 Å². The normalized spacial score (nSPS) is 18.6. The Morgan fingerprint density at radius 3 is 3.08 bits per heavy atom. The van der Waals surface area contributed by atoms with Crippen molar-refractivity contribution in [3.8, 4) is 0 Å². The minimum absolute atomic E-state index is 0.0592. The second-order valence-electron chi connectivity index (χ2n) is 6.18. The van der Waals surface area contributed by atoms with Crippen molar-refractivity contribution in [3.05, 3.63) is 22.4 Å².